The molecule has 0 saturated heterocycles. The maximum atomic E-state index is 13.1. The van der Waals surface area contributed by atoms with E-state index in [0.29, 0.717) is 50.9 Å². The summed E-state index contributed by atoms with van der Waals surface area (Å²) in [4.78, 5) is 60.9. The number of hydrogen-bond donors (Lipinski definition) is 8. The lowest BCUT2D eigenvalue weighted by atomic mass is 10.0. The molecule has 0 heterocycles. The SMILES string of the molecule is CSCCC(N)C(=O)NC(CCCCN)C(=O)NC(CCCCN)C(=O)NC(CC(N)=O)C(=O)O. The number of carbonyl (C=O) groups is 5. The highest BCUT2D eigenvalue weighted by Gasteiger charge is 2.30. The average Bonchev–Trinajstić information content (AvgIpc) is 2.80. The molecule has 0 aromatic heterocycles. The minimum absolute atomic E-state index is 0.175. The number of unbranched alkanes of at least 4 members (excludes halogenated alkanes) is 2. The third-order valence-corrected chi connectivity index (χ3v) is 5.79. The van der Waals surface area contributed by atoms with Gasteiger partial charge < -0.3 is 44.0 Å². The van der Waals surface area contributed by atoms with Gasteiger partial charge in [-0.2, -0.15) is 11.8 Å². The van der Waals surface area contributed by atoms with E-state index in [1.807, 2.05) is 6.26 Å². The predicted octanol–water partition coefficient (Wildman–Crippen LogP) is -2.26. The Morgan fingerprint density at radius 1 is 0.771 bits per heavy atom. The number of nitrogens with one attached hydrogen (secondary N) is 3. The molecule has 4 atom stereocenters. The van der Waals surface area contributed by atoms with Crippen LogP contribution in [0.3, 0.4) is 0 Å². The van der Waals surface area contributed by atoms with Crippen LogP contribution in [0.4, 0.5) is 0 Å². The van der Waals surface area contributed by atoms with Crippen LogP contribution < -0.4 is 38.9 Å². The van der Waals surface area contributed by atoms with Gasteiger partial charge in [0.05, 0.1) is 12.5 Å². The molecule has 4 amide bonds. The minimum Gasteiger partial charge on any atom is -0.480 e. The van der Waals surface area contributed by atoms with Crippen molar-refractivity contribution in [3.63, 3.8) is 0 Å². The van der Waals surface area contributed by atoms with E-state index in [-0.39, 0.29) is 12.8 Å². The summed E-state index contributed by atoms with van der Waals surface area (Å²) in [6, 6.07) is -4.40. The van der Waals surface area contributed by atoms with Crippen molar-refractivity contribution in [1.82, 2.24) is 16.0 Å². The Labute approximate surface area is 210 Å². The molecule has 0 aromatic rings. The molecule has 0 aliphatic carbocycles. The largest absolute Gasteiger partial charge is 0.480 e. The van der Waals surface area contributed by atoms with Gasteiger partial charge in [0.15, 0.2) is 0 Å². The first-order valence-electron chi connectivity index (χ1n) is 11.6. The Hall–Kier alpha value is -2.42. The normalized spacial score (nSPS) is 14.3. The van der Waals surface area contributed by atoms with Crippen LogP contribution in [0.25, 0.3) is 0 Å². The summed E-state index contributed by atoms with van der Waals surface area (Å²) in [5.74, 6) is -3.53. The lowest BCUT2D eigenvalue weighted by Crippen LogP contribution is -2.57. The molecular weight excluding hydrogens is 478 g/mol. The van der Waals surface area contributed by atoms with Crippen LogP contribution in [0.5, 0.6) is 0 Å². The quantitative estimate of drug-likeness (QED) is 0.0802. The maximum absolute atomic E-state index is 13.1. The third kappa shape index (κ3) is 14.5. The van der Waals surface area contributed by atoms with Crippen molar-refractivity contribution in [3.8, 4) is 0 Å². The van der Waals surface area contributed by atoms with Crippen molar-refractivity contribution in [2.24, 2.45) is 22.9 Å². The lowest BCUT2D eigenvalue weighted by molar-refractivity contribution is -0.143. The second kappa shape index (κ2) is 18.9. The number of thioether (sulfide) groups is 1. The molecular formula is C21H41N7O6S. The van der Waals surface area contributed by atoms with Crippen molar-refractivity contribution >= 4 is 41.4 Å². The van der Waals surface area contributed by atoms with Crippen molar-refractivity contribution < 1.29 is 29.1 Å². The van der Waals surface area contributed by atoms with Gasteiger partial charge in [-0.15, -0.1) is 0 Å². The van der Waals surface area contributed by atoms with Crippen LogP contribution in [0.2, 0.25) is 0 Å². The number of carbonyl (C=O) groups excluding carboxylic acids is 4. The fourth-order valence-corrected chi connectivity index (χ4v) is 3.61. The summed E-state index contributed by atoms with van der Waals surface area (Å²) in [6.07, 6.45) is 4.42. The molecule has 0 bridgehead atoms. The smallest absolute Gasteiger partial charge is 0.326 e. The molecule has 0 fully saturated rings. The van der Waals surface area contributed by atoms with Gasteiger partial charge in [-0.05, 0) is 70.0 Å². The fourth-order valence-electron chi connectivity index (χ4n) is 3.12. The molecule has 0 aliphatic rings. The molecule has 202 valence electrons. The number of carboxylic acids is 1. The Bertz CT molecular complexity index is 697. The molecule has 13 nitrogen and oxygen atoms in total. The minimum atomic E-state index is -1.54. The molecule has 35 heavy (non-hydrogen) atoms. The van der Waals surface area contributed by atoms with Crippen LogP contribution in [0.15, 0.2) is 0 Å². The fraction of sp³-hybridized carbons (Fsp3) is 0.762. The predicted molar refractivity (Wildman–Crippen MR) is 134 cm³/mol. The number of aliphatic carboxylic acids is 1. The number of primary amides is 1. The number of carboxylic acid groups (broad SMARTS) is 1. The van der Waals surface area contributed by atoms with Crippen LogP contribution >= 0.6 is 11.8 Å². The summed E-state index contributed by atoms with van der Waals surface area (Å²) in [5.41, 5.74) is 22.0. The van der Waals surface area contributed by atoms with Gasteiger partial charge >= 0.3 is 5.97 Å². The molecule has 0 radical (unpaired) electrons. The van der Waals surface area contributed by atoms with Crippen molar-refractivity contribution in [3.05, 3.63) is 0 Å². The Kier molecular flexibility index (Phi) is 17.5. The molecule has 0 spiro atoms. The average molecular weight is 520 g/mol. The van der Waals surface area contributed by atoms with Crippen LogP contribution in [-0.4, -0.2) is 84.0 Å². The van der Waals surface area contributed by atoms with E-state index < -0.39 is 60.2 Å². The van der Waals surface area contributed by atoms with E-state index in [4.69, 9.17) is 22.9 Å². The first-order valence-corrected chi connectivity index (χ1v) is 13.0. The highest BCUT2D eigenvalue weighted by atomic mass is 32.2. The Balaban J connectivity index is 5.49. The van der Waals surface area contributed by atoms with Gasteiger partial charge in [-0.3, -0.25) is 19.2 Å². The van der Waals surface area contributed by atoms with Crippen molar-refractivity contribution in [2.75, 3.05) is 25.1 Å². The van der Waals surface area contributed by atoms with E-state index in [1.54, 1.807) is 11.8 Å². The first kappa shape index (κ1) is 32.6. The summed E-state index contributed by atoms with van der Waals surface area (Å²) in [6.45, 7) is 0.781. The zero-order valence-electron chi connectivity index (χ0n) is 20.3. The summed E-state index contributed by atoms with van der Waals surface area (Å²) in [7, 11) is 0. The highest BCUT2D eigenvalue weighted by molar-refractivity contribution is 7.98. The van der Waals surface area contributed by atoms with Crippen molar-refractivity contribution in [1.29, 1.82) is 0 Å². The Morgan fingerprint density at radius 3 is 1.63 bits per heavy atom. The topological polar surface area (TPSA) is 246 Å². The summed E-state index contributed by atoms with van der Waals surface area (Å²) in [5, 5.41) is 16.8. The lowest BCUT2D eigenvalue weighted by Gasteiger charge is -2.25. The van der Waals surface area contributed by atoms with E-state index in [9.17, 15) is 29.1 Å². The summed E-state index contributed by atoms with van der Waals surface area (Å²) >= 11 is 1.54. The van der Waals surface area contributed by atoms with Gasteiger partial charge in [0, 0.05) is 0 Å². The van der Waals surface area contributed by atoms with Crippen molar-refractivity contribution in [2.45, 2.75) is 75.5 Å². The van der Waals surface area contributed by atoms with E-state index in [2.05, 4.69) is 16.0 Å². The first-order chi connectivity index (χ1) is 16.6. The number of rotatable bonds is 20. The van der Waals surface area contributed by atoms with E-state index in [1.165, 1.54) is 0 Å². The second-order valence-electron chi connectivity index (χ2n) is 8.15. The highest BCUT2D eigenvalue weighted by Crippen LogP contribution is 2.07. The zero-order valence-corrected chi connectivity index (χ0v) is 21.1. The van der Waals surface area contributed by atoms with Crippen LogP contribution in [0.1, 0.15) is 51.4 Å². The second-order valence-corrected chi connectivity index (χ2v) is 9.13. The molecule has 0 rings (SSSR count). The van der Waals surface area contributed by atoms with E-state index in [0.717, 1.165) is 0 Å². The molecule has 12 N–H and O–H groups in total. The molecule has 0 aromatic carbocycles. The number of amides is 4. The Morgan fingerprint density at radius 2 is 1.23 bits per heavy atom. The maximum Gasteiger partial charge on any atom is 0.326 e. The molecule has 4 unspecified atom stereocenters. The van der Waals surface area contributed by atoms with E-state index >= 15 is 0 Å². The van der Waals surface area contributed by atoms with Gasteiger partial charge in [-0.25, -0.2) is 4.79 Å². The molecule has 0 aliphatic heterocycles. The number of hydrogen-bond acceptors (Lipinski definition) is 9. The van der Waals surface area contributed by atoms with Gasteiger partial charge in [-0.1, -0.05) is 0 Å². The van der Waals surface area contributed by atoms with Gasteiger partial charge in [0.1, 0.15) is 18.1 Å². The van der Waals surface area contributed by atoms with Gasteiger partial charge in [0.2, 0.25) is 23.6 Å². The monoisotopic (exact) mass is 519 g/mol. The van der Waals surface area contributed by atoms with Gasteiger partial charge in [0.25, 0.3) is 0 Å². The third-order valence-electron chi connectivity index (χ3n) is 5.15. The van der Waals surface area contributed by atoms with Crippen LogP contribution in [0, 0.1) is 0 Å². The standard InChI is InChI=1S/C21H41N7O6S/c1-35-11-8-13(24)18(30)26-14(6-2-4-9-22)19(31)27-15(7-3-5-10-23)20(32)28-16(21(33)34)12-17(25)29/h13-16H,2-12,22-24H2,1H3,(H2,25,29)(H,26,30)(H,27,31)(H,28,32)(H,33,34). The van der Waals surface area contributed by atoms with Crippen LogP contribution in [-0.2, 0) is 24.0 Å². The summed E-state index contributed by atoms with van der Waals surface area (Å²) < 4.78 is 0. The molecule has 14 heteroatoms. The molecule has 0 saturated carbocycles. The number of nitrogens with two attached hydrogens (primary N) is 4. The zero-order chi connectivity index (χ0) is 26.8.